The smallest absolute Gasteiger partial charge is 0.250 e. The summed E-state index contributed by atoms with van der Waals surface area (Å²) in [4.78, 5) is 22.0. The highest BCUT2D eigenvalue weighted by atomic mass is 35.5. The Morgan fingerprint density at radius 2 is 1.86 bits per heavy atom. The van der Waals surface area contributed by atoms with Crippen molar-refractivity contribution in [2.45, 2.75) is 6.61 Å². The van der Waals surface area contributed by atoms with Crippen LogP contribution in [0.5, 0.6) is 0 Å². The first-order chi connectivity index (χ1) is 13.9. The number of hydrogen-bond donors (Lipinski definition) is 3. The van der Waals surface area contributed by atoms with Crippen molar-refractivity contribution in [3.63, 3.8) is 0 Å². The number of rotatable bonds is 10. The second kappa shape index (κ2) is 11.3. The normalized spacial score (nSPS) is 11.5. The largest absolute Gasteiger partial charge is 0.366 e. The van der Waals surface area contributed by atoms with Crippen LogP contribution in [0.15, 0.2) is 67.0 Å². The minimum absolute atomic E-state index is 0.160. The molecule has 2 rings (SSSR count). The Morgan fingerprint density at radius 1 is 1.17 bits per heavy atom. The molecule has 4 N–H and O–H groups in total. The van der Waals surface area contributed by atoms with Crippen LogP contribution in [-0.4, -0.2) is 13.0 Å². The zero-order chi connectivity index (χ0) is 21.2. The molecule has 0 aromatic heterocycles. The van der Waals surface area contributed by atoms with Gasteiger partial charge in [0, 0.05) is 21.8 Å². The van der Waals surface area contributed by atoms with Gasteiger partial charge in [0.1, 0.15) is 6.61 Å². The topological polar surface area (TPSA) is 85.6 Å². The molecular weight excluding hydrogens is 413 g/mol. The van der Waals surface area contributed by atoms with Gasteiger partial charge in [0.15, 0.2) is 0 Å². The molecule has 0 aliphatic rings. The van der Waals surface area contributed by atoms with Crippen LogP contribution in [-0.2, 0) is 21.1 Å². The molecule has 29 heavy (non-hydrogen) atoms. The average molecular weight is 434 g/mol. The van der Waals surface area contributed by atoms with E-state index in [-0.39, 0.29) is 12.2 Å². The molecule has 0 saturated carbocycles. The van der Waals surface area contributed by atoms with E-state index in [1.54, 1.807) is 42.5 Å². The van der Waals surface area contributed by atoms with Crippen molar-refractivity contribution in [1.29, 1.82) is 0 Å². The second-order valence-electron chi connectivity index (χ2n) is 5.79. The van der Waals surface area contributed by atoms with Crippen molar-refractivity contribution < 1.29 is 14.5 Å². The fourth-order valence-corrected chi connectivity index (χ4v) is 2.93. The van der Waals surface area contributed by atoms with E-state index in [0.29, 0.717) is 26.9 Å². The van der Waals surface area contributed by atoms with E-state index in [9.17, 15) is 4.79 Å². The van der Waals surface area contributed by atoms with Crippen LogP contribution in [0.3, 0.4) is 0 Å². The van der Waals surface area contributed by atoms with Gasteiger partial charge in [-0.1, -0.05) is 60.1 Å². The van der Waals surface area contributed by atoms with Gasteiger partial charge in [-0.2, -0.15) is 0 Å². The number of benzene rings is 2. The summed E-state index contributed by atoms with van der Waals surface area (Å²) in [6, 6.07) is 12.5. The summed E-state index contributed by atoms with van der Waals surface area (Å²) in [5, 5.41) is 1.07. The minimum Gasteiger partial charge on any atom is -0.366 e. The monoisotopic (exact) mass is 433 g/mol. The lowest BCUT2D eigenvalue weighted by molar-refractivity contribution is -0.112. The molecule has 0 atom stereocenters. The van der Waals surface area contributed by atoms with Crippen molar-refractivity contribution >= 4 is 40.8 Å². The molecule has 1 amide bonds. The number of nitrogens with two attached hydrogens (primary N) is 1. The number of carbonyl (C=O) groups excluding carboxylic acids is 1. The molecule has 2 aromatic carbocycles. The van der Waals surface area contributed by atoms with Crippen molar-refractivity contribution in [3.8, 4) is 0 Å². The van der Waals surface area contributed by atoms with Crippen LogP contribution in [0.25, 0.3) is 11.6 Å². The van der Waals surface area contributed by atoms with Gasteiger partial charge in [-0.15, -0.1) is 0 Å². The van der Waals surface area contributed by atoms with E-state index in [0.717, 1.165) is 5.56 Å². The third-order valence-corrected chi connectivity index (χ3v) is 4.44. The highest BCUT2D eigenvalue weighted by molar-refractivity contribution is 6.37. The van der Waals surface area contributed by atoms with Gasteiger partial charge in [-0.3, -0.25) is 25.4 Å². The molecule has 0 aliphatic heterocycles. The minimum atomic E-state index is -0.598. The molecule has 0 heterocycles. The van der Waals surface area contributed by atoms with Crippen LogP contribution in [0.2, 0.25) is 10.0 Å². The molecule has 6 nitrogen and oxygen atoms in total. The number of allylic oxidation sites excluding steroid dienone is 1. The lowest BCUT2D eigenvalue weighted by atomic mass is 10.0. The van der Waals surface area contributed by atoms with Gasteiger partial charge in [0.05, 0.1) is 18.4 Å². The Balaban J connectivity index is 2.03. The Morgan fingerprint density at radius 3 is 2.52 bits per heavy atom. The van der Waals surface area contributed by atoms with Crippen LogP contribution in [0, 0.1) is 0 Å². The molecule has 0 spiro atoms. The maximum Gasteiger partial charge on any atom is 0.250 e. The number of amides is 1. The van der Waals surface area contributed by atoms with E-state index in [1.165, 1.54) is 13.3 Å². The number of hydroxylamine groups is 2. The predicted octanol–water partition coefficient (Wildman–Crippen LogP) is 4.22. The summed E-state index contributed by atoms with van der Waals surface area (Å²) >= 11 is 12.3. The third-order valence-electron chi connectivity index (χ3n) is 3.78. The van der Waals surface area contributed by atoms with Crippen molar-refractivity contribution in [2.75, 3.05) is 7.11 Å². The maximum absolute atomic E-state index is 11.8. The summed E-state index contributed by atoms with van der Waals surface area (Å²) in [5.74, 6) is -0.598. The van der Waals surface area contributed by atoms with Gasteiger partial charge < -0.3 is 5.73 Å². The molecule has 0 fully saturated rings. The molecule has 152 valence electrons. The first-order valence-electron chi connectivity index (χ1n) is 8.49. The summed E-state index contributed by atoms with van der Waals surface area (Å²) in [6.07, 6.45) is 4.82. The standard InChI is InChI=1S/C21H21Cl2N3O3/c1-14(10-11-17-19(22)8-5-9-20(17)23)26-29-13-15-6-3-4-7-16(15)18(21(24)27)12-25-28-2/h3-12,25-26H,1,13H2,2H3,(H2,24,27). The SMILES string of the molecule is C=C(C=Cc1c(Cl)cccc1Cl)NOCc1ccccc1C(=CNOC)C(N)=O. The summed E-state index contributed by atoms with van der Waals surface area (Å²) in [6.45, 7) is 4.03. The van der Waals surface area contributed by atoms with Crippen molar-refractivity contribution in [3.05, 3.63) is 93.8 Å². The number of nitrogens with one attached hydrogen (secondary N) is 2. The number of halogens is 2. The van der Waals surface area contributed by atoms with Crippen LogP contribution >= 0.6 is 23.2 Å². The maximum atomic E-state index is 11.8. The Labute approximate surface area is 179 Å². The molecule has 0 unspecified atom stereocenters. The quantitative estimate of drug-likeness (QED) is 0.296. The van der Waals surface area contributed by atoms with Gasteiger partial charge in [-0.25, -0.2) is 0 Å². The van der Waals surface area contributed by atoms with Gasteiger partial charge in [-0.05, 0) is 35.4 Å². The zero-order valence-electron chi connectivity index (χ0n) is 15.7. The van der Waals surface area contributed by atoms with E-state index >= 15 is 0 Å². The number of primary amides is 1. The molecule has 0 aliphatic carbocycles. The summed E-state index contributed by atoms with van der Waals surface area (Å²) in [5.41, 5.74) is 13.5. The zero-order valence-corrected chi connectivity index (χ0v) is 17.3. The summed E-state index contributed by atoms with van der Waals surface area (Å²) in [7, 11) is 1.43. The molecular formula is C21H21Cl2N3O3. The molecule has 0 saturated heterocycles. The summed E-state index contributed by atoms with van der Waals surface area (Å²) < 4.78 is 0. The van der Waals surface area contributed by atoms with Gasteiger partial charge >= 0.3 is 0 Å². The first kappa shape index (κ1) is 22.5. The highest BCUT2D eigenvalue weighted by Gasteiger charge is 2.13. The lowest BCUT2D eigenvalue weighted by Crippen LogP contribution is -2.18. The van der Waals surface area contributed by atoms with E-state index in [2.05, 4.69) is 17.5 Å². The second-order valence-corrected chi connectivity index (χ2v) is 6.60. The third kappa shape index (κ3) is 6.66. The van der Waals surface area contributed by atoms with Crippen LogP contribution in [0.4, 0.5) is 0 Å². The molecule has 2 aromatic rings. The fourth-order valence-electron chi connectivity index (χ4n) is 2.40. The molecule has 8 heteroatoms. The Kier molecular flexibility index (Phi) is 8.76. The van der Waals surface area contributed by atoms with E-state index < -0.39 is 5.91 Å². The van der Waals surface area contributed by atoms with E-state index in [1.807, 2.05) is 12.1 Å². The number of carbonyl (C=O) groups is 1. The highest BCUT2D eigenvalue weighted by Crippen LogP contribution is 2.25. The first-order valence-corrected chi connectivity index (χ1v) is 9.25. The van der Waals surface area contributed by atoms with E-state index in [4.69, 9.17) is 38.6 Å². The molecule has 0 radical (unpaired) electrons. The van der Waals surface area contributed by atoms with Crippen molar-refractivity contribution in [1.82, 2.24) is 11.0 Å². The average Bonchev–Trinajstić information content (AvgIpc) is 2.68. The van der Waals surface area contributed by atoms with Gasteiger partial charge in [0.25, 0.3) is 5.91 Å². The Bertz CT molecular complexity index is 922. The Hall–Kier alpha value is -2.77. The van der Waals surface area contributed by atoms with Crippen LogP contribution < -0.4 is 16.7 Å². The molecule has 0 bridgehead atoms. The van der Waals surface area contributed by atoms with Gasteiger partial charge in [0.2, 0.25) is 0 Å². The van der Waals surface area contributed by atoms with Crippen LogP contribution in [0.1, 0.15) is 16.7 Å². The number of hydrogen-bond acceptors (Lipinski definition) is 5. The predicted molar refractivity (Wildman–Crippen MR) is 116 cm³/mol. The fraction of sp³-hybridized carbons (Fsp3) is 0.0952. The lowest BCUT2D eigenvalue weighted by Gasteiger charge is -2.12. The van der Waals surface area contributed by atoms with Crippen molar-refractivity contribution in [2.24, 2.45) is 5.73 Å².